The molecule has 0 aromatic heterocycles. The Bertz CT molecular complexity index is 692. The molecule has 0 radical (unpaired) electrons. The largest absolute Gasteiger partial charge is 0.497 e. The van der Waals surface area contributed by atoms with E-state index < -0.39 is 0 Å². The Morgan fingerprint density at radius 1 is 0.808 bits per heavy atom. The summed E-state index contributed by atoms with van der Waals surface area (Å²) in [5.41, 5.74) is 1.98. The van der Waals surface area contributed by atoms with Gasteiger partial charge in [-0.3, -0.25) is 0 Å². The van der Waals surface area contributed by atoms with Crippen LogP contribution in [0.4, 0.5) is 0 Å². The maximum Gasteiger partial charge on any atom is 0.203 e. The SMILES string of the molecule is CCNCc1ccc(OC)cc1OCc1cc(OC)c(OC)c(OC)c1. The van der Waals surface area contributed by atoms with Crippen molar-refractivity contribution in [1.29, 1.82) is 0 Å². The van der Waals surface area contributed by atoms with E-state index in [1.165, 1.54) is 0 Å². The van der Waals surface area contributed by atoms with Gasteiger partial charge >= 0.3 is 0 Å². The highest BCUT2D eigenvalue weighted by molar-refractivity contribution is 5.53. The van der Waals surface area contributed by atoms with Crippen LogP contribution in [0.25, 0.3) is 0 Å². The molecule has 0 bridgehead atoms. The number of hydrogen-bond donors (Lipinski definition) is 1. The molecule has 6 heteroatoms. The quantitative estimate of drug-likeness (QED) is 0.700. The lowest BCUT2D eigenvalue weighted by Gasteiger charge is -2.16. The Balaban J connectivity index is 2.24. The van der Waals surface area contributed by atoms with Crippen LogP contribution in [-0.2, 0) is 13.2 Å². The van der Waals surface area contributed by atoms with Crippen molar-refractivity contribution in [3.8, 4) is 28.7 Å². The highest BCUT2D eigenvalue weighted by Gasteiger charge is 2.14. The van der Waals surface area contributed by atoms with E-state index in [-0.39, 0.29) is 0 Å². The smallest absolute Gasteiger partial charge is 0.203 e. The summed E-state index contributed by atoms with van der Waals surface area (Å²) in [7, 11) is 6.42. The lowest BCUT2D eigenvalue weighted by Crippen LogP contribution is -2.13. The zero-order valence-electron chi connectivity index (χ0n) is 16.0. The average molecular weight is 361 g/mol. The molecule has 2 aromatic carbocycles. The van der Waals surface area contributed by atoms with Gasteiger partial charge in [-0.15, -0.1) is 0 Å². The third-order valence-corrected chi connectivity index (χ3v) is 3.96. The highest BCUT2D eigenvalue weighted by Crippen LogP contribution is 2.38. The van der Waals surface area contributed by atoms with Crippen LogP contribution in [0.1, 0.15) is 18.1 Å². The predicted octanol–water partition coefficient (Wildman–Crippen LogP) is 3.41. The molecule has 0 saturated heterocycles. The van der Waals surface area contributed by atoms with Crippen molar-refractivity contribution >= 4 is 0 Å². The first-order valence-electron chi connectivity index (χ1n) is 8.46. The standard InChI is InChI=1S/C20H27NO5/c1-6-21-12-15-7-8-16(22-2)11-17(15)26-13-14-9-18(23-3)20(25-5)19(10-14)24-4/h7-11,21H,6,12-13H2,1-5H3. The van der Waals surface area contributed by atoms with E-state index in [2.05, 4.69) is 12.2 Å². The monoisotopic (exact) mass is 361 g/mol. The van der Waals surface area contributed by atoms with Gasteiger partial charge in [0.05, 0.1) is 28.4 Å². The van der Waals surface area contributed by atoms with Crippen LogP contribution >= 0.6 is 0 Å². The molecule has 142 valence electrons. The predicted molar refractivity (Wildman–Crippen MR) is 101 cm³/mol. The number of benzene rings is 2. The Morgan fingerprint density at radius 2 is 1.50 bits per heavy atom. The zero-order chi connectivity index (χ0) is 18.9. The molecule has 2 aromatic rings. The number of nitrogens with one attached hydrogen (secondary N) is 1. The van der Waals surface area contributed by atoms with Gasteiger partial charge in [-0.25, -0.2) is 0 Å². The molecule has 0 aliphatic carbocycles. The van der Waals surface area contributed by atoms with Crippen LogP contribution in [-0.4, -0.2) is 35.0 Å². The van der Waals surface area contributed by atoms with Crippen molar-refractivity contribution in [2.45, 2.75) is 20.1 Å². The number of methoxy groups -OCH3 is 4. The Hall–Kier alpha value is -2.60. The lowest BCUT2D eigenvalue weighted by atomic mass is 10.1. The fourth-order valence-electron chi connectivity index (χ4n) is 2.58. The Labute approximate surface area is 155 Å². The molecule has 0 aliphatic rings. The Morgan fingerprint density at radius 3 is 2.04 bits per heavy atom. The van der Waals surface area contributed by atoms with E-state index in [1.807, 2.05) is 30.3 Å². The molecule has 0 saturated carbocycles. The molecule has 26 heavy (non-hydrogen) atoms. The summed E-state index contributed by atoms with van der Waals surface area (Å²) in [6.07, 6.45) is 0. The summed E-state index contributed by atoms with van der Waals surface area (Å²) < 4.78 is 27.5. The first-order chi connectivity index (χ1) is 12.7. The van der Waals surface area contributed by atoms with Gasteiger partial charge in [0.15, 0.2) is 11.5 Å². The maximum atomic E-state index is 6.06. The van der Waals surface area contributed by atoms with Gasteiger partial charge in [0.2, 0.25) is 5.75 Å². The first kappa shape index (κ1) is 19.7. The summed E-state index contributed by atoms with van der Waals surface area (Å²) in [6.45, 7) is 4.05. The van der Waals surface area contributed by atoms with E-state index in [1.54, 1.807) is 28.4 Å². The average Bonchev–Trinajstić information content (AvgIpc) is 2.69. The van der Waals surface area contributed by atoms with Crippen LogP contribution < -0.4 is 29.0 Å². The van der Waals surface area contributed by atoms with Gasteiger partial charge in [-0.05, 0) is 30.3 Å². The molecule has 0 amide bonds. The second-order valence-electron chi connectivity index (χ2n) is 5.58. The molecule has 0 atom stereocenters. The first-order valence-corrected chi connectivity index (χ1v) is 8.46. The van der Waals surface area contributed by atoms with E-state index >= 15 is 0 Å². The van der Waals surface area contributed by atoms with Gasteiger partial charge in [0.1, 0.15) is 18.1 Å². The summed E-state index contributed by atoms with van der Waals surface area (Å²) >= 11 is 0. The van der Waals surface area contributed by atoms with Crippen LogP contribution in [0, 0.1) is 0 Å². The van der Waals surface area contributed by atoms with Crippen LogP contribution in [0.3, 0.4) is 0 Å². The summed E-state index contributed by atoms with van der Waals surface area (Å²) in [5, 5.41) is 3.31. The van der Waals surface area contributed by atoms with Crippen LogP contribution in [0.2, 0.25) is 0 Å². The van der Waals surface area contributed by atoms with Crippen molar-refractivity contribution in [2.24, 2.45) is 0 Å². The molecular weight excluding hydrogens is 334 g/mol. The highest BCUT2D eigenvalue weighted by atomic mass is 16.5. The fraction of sp³-hybridized carbons (Fsp3) is 0.400. The summed E-state index contributed by atoms with van der Waals surface area (Å²) in [4.78, 5) is 0. The molecular formula is C20H27NO5. The van der Waals surface area contributed by atoms with Crippen LogP contribution in [0.15, 0.2) is 30.3 Å². The molecule has 0 heterocycles. The van der Waals surface area contributed by atoms with Crippen LogP contribution in [0.5, 0.6) is 28.7 Å². The summed E-state index contributed by atoms with van der Waals surface area (Å²) in [6, 6.07) is 9.59. The number of rotatable bonds is 10. The molecule has 6 nitrogen and oxygen atoms in total. The van der Waals surface area contributed by atoms with E-state index in [0.717, 1.165) is 35.7 Å². The van der Waals surface area contributed by atoms with E-state index in [0.29, 0.717) is 23.9 Å². The van der Waals surface area contributed by atoms with Gasteiger partial charge in [0, 0.05) is 18.2 Å². The fourth-order valence-corrected chi connectivity index (χ4v) is 2.58. The molecule has 1 N–H and O–H groups in total. The third kappa shape index (κ3) is 4.73. The minimum absolute atomic E-state index is 0.364. The van der Waals surface area contributed by atoms with E-state index in [4.69, 9.17) is 23.7 Å². The lowest BCUT2D eigenvalue weighted by molar-refractivity contribution is 0.293. The number of ether oxygens (including phenoxy) is 5. The summed E-state index contributed by atoms with van der Waals surface area (Å²) in [5.74, 6) is 3.30. The van der Waals surface area contributed by atoms with Gasteiger partial charge in [0.25, 0.3) is 0 Å². The maximum absolute atomic E-state index is 6.06. The second-order valence-corrected chi connectivity index (χ2v) is 5.58. The molecule has 0 aliphatic heterocycles. The minimum Gasteiger partial charge on any atom is -0.497 e. The normalized spacial score (nSPS) is 10.3. The van der Waals surface area contributed by atoms with Crippen molar-refractivity contribution in [3.63, 3.8) is 0 Å². The van der Waals surface area contributed by atoms with Crippen molar-refractivity contribution in [3.05, 3.63) is 41.5 Å². The van der Waals surface area contributed by atoms with Crippen molar-refractivity contribution in [2.75, 3.05) is 35.0 Å². The topological polar surface area (TPSA) is 58.2 Å². The number of hydrogen-bond acceptors (Lipinski definition) is 6. The second kappa shape index (κ2) is 9.77. The van der Waals surface area contributed by atoms with Gasteiger partial charge in [-0.2, -0.15) is 0 Å². The molecule has 0 spiro atoms. The molecule has 2 rings (SSSR count). The van der Waals surface area contributed by atoms with Gasteiger partial charge < -0.3 is 29.0 Å². The third-order valence-electron chi connectivity index (χ3n) is 3.96. The Kier molecular flexibility index (Phi) is 7.41. The molecule has 0 fully saturated rings. The van der Waals surface area contributed by atoms with Gasteiger partial charge in [-0.1, -0.05) is 13.0 Å². The zero-order valence-corrected chi connectivity index (χ0v) is 16.0. The van der Waals surface area contributed by atoms with Crippen molar-refractivity contribution < 1.29 is 23.7 Å². The van der Waals surface area contributed by atoms with Crippen molar-refractivity contribution in [1.82, 2.24) is 5.32 Å². The molecule has 0 unspecified atom stereocenters. The van der Waals surface area contributed by atoms with E-state index in [9.17, 15) is 0 Å². The minimum atomic E-state index is 0.364.